The molecule has 0 aliphatic heterocycles. The Morgan fingerprint density at radius 3 is 2.84 bits per heavy atom. The molecule has 0 spiro atoms. The predicted octanol–water partition coefficient (Wildman–Crippen LogP) is -3.22. The van der Waals surface area contributed by atoms with E-state index < -0.39 is 5.97 Å². The molecule has 8 heteroatoms. The summed E-state index contributed by atoms with van der Waals surface area (Å²) in [7, 11) is 0. The number of carbonyl (C=O) groups is 1. The van der Waals surface area contributed by atoms with Crippen molar-refractivity contribution in [1.82, 2.24) is 25.4 Å². The Kier molecular flexibility index (Phi) is 3.60. The van der Waals surface area contributed by atoms with Gasteiger partial charge in [0.1, 0.15) is 5.52 Å². The van der Waals surface area contributed by atoms with Crippen molar-refractivity contribution in [2.45, 2.75) is 0 Å². The molecule has 0 atom stereocenters. The number of H-pyrrole nitrogens is 1. The number of pyridine rings is 2. The number of aromatic amines is 1. The van der Waals surface area contributed by atoms with Crippen LogP contribution in [0.25, 0.3) is 22.4 Å². The Hall–Kier alpha value is -2.23. The fourth-order valence-corrected chi connectivity index (χ4v) is 1.59. The van der Waals surface area contributed by atoms with E-state index in [1.807, 2.05) is 0 Å². The third-order valence-corrected chi connectivity index (χ3v) is 2.45. The number of nitrogens with one attached hydrogen (secondary N) is 1. The smallest absolute Gasteiger partial charge is 0.545 e. The minimum atomic E-state index is -1.27. The van der Waals surface area contributed by atoms with Gasteiger partial charge in [-0.05, 0) is 18.2 Å². The van der Waals surface area contributed by atoms with Crippen LogP contribution in [0.5, 0.6) is 0 Å². The first-order valence-corrected chi connectivity index (χ1v) is 5.08. The Morgan fingerprint density at radius 2 is 2.05 bits per heavy atom. The topological polar surface area (TPSA) is 107 Å². The molecule has 3 rings (SSSR count). The molecular formula is C11H6LiN5O2. The molecule has 7 nitrogen and oxygen atoms in total. The van der Waals surface area contributed by atoms with Crippen LogP contribution < -0.4 is 24.0 Å². The number of fused-ring (bicyclic) bond motifs is 1. The molecular weight excluding hydrogens is 241 g/mol. The quantitative estimate of drug-likeness (QED) is 0.477. The number of carboxylic acids is 1. The van der Waals surface area contributed by atoms with E-state index in [0.29, 0.717) is 22.4 Å². The van der Waals surface area contributed by atoms with Crippen molar-refractivity contribution in [2.75, 3.05) is 0 Å². The molecule has 0 aliphatic rings. The van der Waals surface area contributed by atoms with Crippen LogP contribution in [0.2, 0.25) is 0 Å². The second-order valence-electron chi connectivity index (χ2n) is 3.61. The number of aromatic carboxylic acids is 1. The maximum Gasteiger partial charge on any atom is 1.00 e. The second kappa shape index (κ2) is 5.18. The molecule has 0 saturated heterocycles. The predicted molar refractivity (Wildman–Crippen MR) is 59.2 cm³/mol. The van der Waals surface area contributed by atoms with Gasteiger partial charge in [0.05, 0.1) is 11.7 Å². The Morgan fingerprint density at radius 1 is 1.21 bits per heavy atom. The summed E-state index contributed by atoms with van der Waals surface area (Å²) >= 11 is 0. The zero-order chi connectivity index (χ0) is 12.5. The summed E-state index contributed by atoms with van der Waals surface area (Å²) in [5, 5.41) is 21.0. The average Bonchev–Trinajstić information content (AvgIpc) is 2.86. The fourth-order valence-electron chi connectivity index (χ4n) is 1.59. The van der Waals surface area contributed by atoms with Crippen molar-refractivity contribution >= 4 is 17.1 Å². The van der Waals surface area contributed by atoms with Crippen molar-refractivity contribution in [3.05, 3.63) is 36.2 Å². The number of carboxylic acid groups (broad SMARTS) is 1. The van der Waals surface area contributed by atoms with Crippen LogP contribution in [0, 0.1) is 0 Å². The average molecular weight is 247 g/mol. The Balaban J connectivity index is 0.00000133. The third-order valence-electron chi connectivity index (χ3n) is 2.45. The zero-order valence-electron chi connectivity index (χ0n) is 9.99. The molecule has 19 heavy (non-hydrogen) atoms. The summed E-state index contributed by atoms with van der Waals surface area (Å²) in [6.07, 6.45) is 2.76. The normalized spacial score (nSPS) is 10.1. The van der Waals surface area contributed by atoms with E-state index in [0.717, 1.165) is 0 Å². The summed E-state index contributed by atoms with van der Waals surface area (Å²) in [5.74, 6) is -1.27. The minimum absolute atomic E-state index is 0. The fraction of sp³-hybridized carbons (Fsp3) is 0. The maximum absolute atomic E-state index is 10.8. The van der Waals surface area contributed by atoms with Crippen LogP contribution in [-0.4, -0.2) is 31.3 Å². The third kappa shape index (κ3) is 2.47. The summed E-state index contributed by atoms with van der Waals surface area (Å²) in [6.45, 7) is 0. The van der Waals surface area contributed by atoms with Crippen molar-refractivity contribution in [3.63, 3.8) is 0 Å². The first-order chi connectivity index (χ1) is 8.74. The van der Waals surface area contributed by atoms with E-state index in [4.69, 9.17) is 0 Å². The number of nitrogens with zero attached hydrogens (tertiary/aromatic N) is 4. The van der Waals surface area contributed by atoms with Crippen LogP contribution in [0.15, 0.2) is 30.6 Å². The minimum Gasteiger partial charge on any atom is -0.545 e. The van der Waals surface area contributed by atoms with Crippen LogP contribution in [0.3, 0.4) is 0 Å². The molecule has 3 aromatic heterocycles. The maximum atomic E-state index is 10.8. The largest absolute Gasteiger partial charge is 1.00 e. The van der Waals surface area contributed by atoms with Gasteiger partial charge in [-0.2, -0.15) is 10.3 Å². The first kappa shape index (κ1) is 13.2. The molecule has 0 bridgehead atoms. The van der Waals surface area contributed by atoms with E-state index in [1.165, 1.54) is 18.5 Å². The van der Waals surface area contributed by atoms with E-state index >= 15 is 0 Å². The van der Waals surface area contributed by atoms with Crippen molar-refractivity contribution in [2.24, 2.45) is 0 Å². The number of hydrogen-bond donors (Lipinski definition) is 1. The zero-order valence-corrected chi connectivity index (χ0v) is 9.99. The monoisotopic (exact) mass is 247 g/mol. The van der Waals surface area contributed by atoms with E-state index in [1.54, 1.807) is 12.1 Å². The first-order valence-electron chi connectivity index (χ1n) is 5.08. The van der Waals surface area contributed by atoms with Gasteiger partial charge in [-0.25, -0.2) is 4.98 Å². The molecule has 0 fully saturated rings. The van der Waals surface area contributed by atoms with Gasteiger partial charge in [0, 0.05) is 23.5 Å². The number of aromatic nitrogens is 5. The Labute approximate surface area is 119 Å². The second-order valence-corrected chi connectivity index (χ2v) is 3.61. The van der Waals surface area contributed by atoms with Crippen LogP contribution in [-0.2, 0) is 0 Å². The van der Waals surface area contributed by atoms with E-state index in [2.05, 4.69) is 25.4 Å². The van der Waals surface area contributed by atoms with Gasteiger partial charge in [-0.15, -0.1) is 5.10 Å². The standard InChI is InChI=1S/C11H7N5O2.Li/c17-11(18)7-3-6(4-12-5-7)8-1-2-9-10(13-8)15-16-14-9;/h1-5H,(H,17,18)(H,13,14,15,16);/q;+1/p-1. The summed E-state index contributed by atoms with van der Waals surface area (Å²) in [5.41, 5.74) is 2.28. The SMILES string of the molecule is O=C([O-])c1cncc(-c2ccc3n[nH]nc3n2)c1.[Li+]. The van der Waals surface area contributed by atoms with E-state index in [9.17, 15) is 9.90 Å². The summed E-state index contributed by atoms with van der Waals surface area (Å²) in [6, 6.07) is 4.92. The molecule has 88 valence electrons. The van der Waals surface area contributed by atoms with E-state index in [-0.39, 0.29) is 24.4 Å². The summed E-state index contributed by atoms with van der Waals surface area (Å²) in [4.78, 5) is 18.8. The van der Waals surface area contributed by atoms with Crippen molar-refractivity contribution in [3.8, 4) is 11.3 Å². The van der Waals surface area contributed by atoms with Gasteiger partial charge in [-0.3, -0.25) is 4.98 Å². The van der Waals surface area contributed by atoms with Crippen LogP contribution in [0.4, 0.5) is 0 Å². The molecule has 3 aromatic rings. The van der Waals surface area contributed by atoms with Gasteiger partial charge < -0.3 is 9.90 Å². The van der Waals surface area contributed by atoms with Gasteiger partial charge in [0.25, 0.3) is 0 Å². The van der Waals surface area contributed by atoms with Crippen LogP contribution >= 0.6 is 0 Å². The molecule has 0 amide bonds. The van der Waals surface area contributed by atoms with Gasteiger partial charge >= 0.3 is 18.9 Å². The molecule has 0 aromatic carbocycles. The van der Waals surface area contributed by atoms with Crippen molar-refractivity contribution in [1.29, 1.82) is 0 Å². The summed E-state index contributed by atoms with van der Waals surface area (Å²) < 4.78 is 0. The molecule has 3 heterocycles. The number of carbonyl (C=O) groups excluding carboxylic acids is 1. The van der Waals surface area contributed by atoms with Crippen molar-refractivity contribution < 1.29 is 28.8 Å². The molecule has 0 unspecified atom stereocenters. The molecule has 0 radical (unpaired) electrons. The van der Waals surface area contributed by atoms with Gasteiger partial charge in [-0.1, -0.05) is 0 Å². The number of hydrogen-bond acceptors (Lipinski definition) is 6. The molecule has 0 aliphatic carbocycles. The van der Waals surface area contributed by atoms with Crippen LogP contribution in [0.1, 0.15) is 10.4 Å². The Bertz CT molecular complexity index is 743. The van der Waals surface area contributed by atoms with Gasteiger partial charge in [0.2, 0.25) is 5.65 Å². The molecule has 0 saturated carbocycles. The van der Waals surface area contributed by atoms with Gasteiger partial charge in [0.15, 0.2) is 0 Å². The number of rotatable bonds is 2. The molecule has 1 N–H and O–H groups in total.